The Morgan fingerprint density at radius 2 is 2.20 bits per heavy atom. The molecule has 0 saturated carbocycles. The second kappa shape index (κ2) is 10.5. The van der Waals surface area contributed by atoms with Crippen LogP contribution in [0.2, 0.25) is 0 Å². The van der Waals surface area contributed by atoms with Crippen molar-refractivity contribution in [3.8, 4) is 0 Å². The van der Waals surface area contributed by atoms with Gasteiger partial charge in [-0.15, -0.1) is 0 Å². The SMILES string of the molecule is CCNC(=NCc1ccsc1)NCC(=O)N(C)CCc1ccccn1. The molecule has 1 amide bonds. The first-order valence-corrected chi connectivity index (χ1v) is 9.30. The first kappa shape index (κ1) is 18.9. The van der Waals surface area contributed by atoms with Gasteiger partial charge >= 0.3 is 0 Å². The van der Waals surface area contributed by atoms with E-state index in [9.17, 15) is 4.79 Å². The second-order valence-corrected chi connectivity index (χ2v) is 6.35. The van der Waals surface area contributed by atoms with Crippen LogP contribution in [0.4, 0.5) is 0 Å². The fourth-order valence-electron chi connectivity index (χ4n) is 2.14. The lowest BCUT2D eigenvalue weighted by atomic mass is 10.2. The van der Waals surface area contributed by atoms with Gasteiger partial charge in [0.2, 0.25) is 5.91 Å². The molecule has 0 saturated heterocycles. The molecule has 0 spiro atoms. The van der Waals surface area contributed by atoms with Crippen molar-refractivity contribution in [3.63, 3.8) is 0 Å². The van der Waals surface area contributed by atoms with Gasteiger partial charge in [0, 0.05) is 38.4 Å². The van der Waals surface area contributed by atoms with Crippen molar-refractivity contribution < 1.29 is 4.79 Å². The minimum atomic E-state index is 0.0251. The summed E-state index contributed by atoms with van der Waals surface area (Å²) >= 11 is 1.65. The third-order valence-corrected chi connectivity index (χ3v) is 4.34. The molecule has 134 valence electrons. The van der Waals surface area contributed by atoms with Crippen LogP contribution in [0.25, 0.3) is 0 Å². The summed E-state index contributed by atoms with van der Waals surface area (Å²) in [5.74, 6) is 0.678. The first-order chi connectivity index (χ1) is 12.2. The van der Waals surface area contributed by atoms with E-state index in [2.05, 4.69) is 26.0 Å². The molecule has 0 aliphatic heterocycles. The molecule has 2 aromatic rings. The molecule has 0 unspecified atom stereocenters. The standard InChI is InChI=1S/C18H25N5OS/c1-3-19-18(21-12-15-8-11-25-14-15)22-13-17(24)23(2)10-7-16-6-4-5-9-20-16/h4-6,8-9,11,14H,3,7,10,12-13H2,1-2H3,(H2,19,21,22). The van der Waals surface area contributed by atoms with Gasteiger partial charge in [-0.1, -0.05) is 6.07 Å². The first-order valence-electron chi connectivity index (χ1n) is 8.36. The van der Waals surface area contributed by atoms with E-state index in [-0.39, 0.29) is 12.5 Å². The molecule has 0 atom stereocenters. The number of nitrogens with zero attached hydrogens (tertiary/aromatic N) is 3. The summed E-state index contributed by atoms with van der Waals surface area (Å²) in [5.41, 5.74) is 2.15. The van der Waals surface area contributed by atoms with Crippen LogP contribution >= 0.6 is 11.3 Å². The molecule has 0 aromatic carbocycles. The van der Waals surface area contributed by atoms with Crippen molar-refractivity contribution in [2.45, 2.75) is 19.9 Å². The zero-order chi connectivity index (χ0) is 17.9. The van der Waals surface area contributed by atoms with E-state index in [4.69, 9.17) is 0 Å². The van der Waals surface area contributed by atoms with Gasteiger partial charge in [0.25, 0.3) is 0 Å². The van der Waals surface area contributed by atoms with Gasteiger partial charge in [0.1, 0.15) is 0 Å². The molecule has 0 aliphatic carbocycles. The number of carbonyl (C=O) groups is 1. The lowest BCUT2D eigenvalue weighted by Crippen LogP contribution is -2.44. The van der Waals surface area contributed by atoms with Crippen molar-refractivity contribution in [3.05, 3.63) is 52.5 Å². The number of pyridine rings is 1. The average Bonchev–Trinajstić information content (AvgIpc) is 3.16. The van der Waals surface area contributed by atoms with E-state index >= 15 is 0 Å². The maximum atomic E-state index is 12.3. The van der Waals surface area contributed by atoms with Gasteiger partial charge in [-0.25, -0.2) is 4.99 Å². The quantitative estimate of drug-likeness (QED) is 0.558. The van der Waals surface area contributed by atoms with Crippen LogP contribution in [0, 0.1) is 0 Å². The number of thiophene rings is 1. The molecule has 0 bridgehead atoms. The number of amides is 1. The fraction of sp³-hybridized carbons (Fsp3) is 0.389. The zero-order valence-electron chi connectivity index (χ0n) is 14.7. The fourth-order valence-corrected chi connectivity index (χ4v) is 2.80. The van der Waals surface area contributed by atoms with Crippen LogP contribution in [0.15, 0.2) is 46.2 Å². The third-order valence-electron chi connectivity index (χ3n) is 3.61. The summed E-state index contributed by atoms with van der Waals surface area (Å²) in [5, 5.41) is 10.4. The van der Waals surface area contributed by atoms with Crippen molar-refractivity contribution in [1.29, 1.82) is 0 Å². The van der Waals surface area contributed by atoms with Crippen LogP contribution in [-0.4, -0.2) is 48.4 Å². The minimum Gasteiger partial charge on any atom is -0.357 e. The number of carbonyl (C=O) groups excluding carboxylic acids is 1. The van der Waals surface area contributed by atoms with Gasteiger partial charge in [0.15, 0.2) is 5.96 Å². The van der Waals surface area contributed by atoms with E-state index in [0.29, 0.717) is 19.0 Å². The molecule has 7 heteroatoms. The normalized spacial score (nSPS) is 11.2. The molecule has 2 N–H and O–H groups in total. The predicted octanol–water partition coefficient (Wildman–Crippen LogP) is 1.90. The van der Waals surface area contributed by atoms with E-state index in [1.54, 1.807) is 22.4 Å². The topological polar surface area (TPSA) is 69.6 Å². The third kappa shape index (κ3) is 6.93. The van der Waals surface area contributed by atoms with E-state index in [0.717, 1.165) is 18.7 Å². The highest BCUT2D eigenvalue weighted by Gasteiger charge is 2.10. The molecule has 0 aliphatic rings. The Labute approximate surface area is 153 Å². The molecule has 0 fully saturated rings. The monoisotopic (exact) mass is 359 g/mol. The van der Waals surface area contributed by atoms with Crippen molar-refractivity contribution in [2.24, 2.45) is 4.99 Å². The number of hydrogen-bond acceptors (Lipinski definition) is 4. The summed E-state index contributed by atoms with van der Waals surface area (Å²) in [6.45, 7) is 4.21. The summed E-state index contributed by atoms with van der Waals surface area (Å²) in [7, 11) is 1.81. The Morgan fingerprint density at radius 3 is 2.88 bits per heavy atom. The summed E-state index contributed by atoms with van der Waals surface area (Å²) in [6, 6.07) is 7.86. The number of hydrogen-bond donors (Lipinski definition) is 2. The molecule has 2 heterocycles. The van der Waals surface area contributed by atoms with Crippen molar-refractivity contribution in [1.82, 2.24) is 20.5 Å². The lowest BCUT2D eigenvalue weighted by molar-refractivity contribution is -0.128. The highest BCUT2D eigenvalue weighted by Crippen LogP contribution is 2.06. The minimum absolute atomic E-state index is 0.0251. The average molecular weight is 359 g/mol. The summed E-state index contributed by atoms with van der Waals surface area (Å²) < 4.78 is 0. The maximum Gasteiger partial charge on any atom is 0.241 e. The number of likely N-dealkylation sites (N-methyl/N-ethyl adjacent to an activating group) is 1. The Hall–Kier alpha value is -2.41. The van der Waals surface area contributed by atoms with Crippen LogP contribution in [-0.2, 0) is 17.8 Å². The predicted molar refractivity (Wildman–Crippen MR) is 103 cm³/mol. The number of guanidine groups is 1. The number of rotatable bonds is 8. The van der Waals surface area contributed by atoms with Crippen LogP contribution < -0.4 is 10.6 Å². The molecule has 2 aromatic heterocycles. The summed E-state index contributed by atoms with van der Waals surface area (Å²) in [6.07, 6.45) is 2.51. The molecule has 2 rings (SSSR count). The zero-order valence-corrected chi connectivity index (χ0v) is 15.6. The smallest absolute Gasteiger partial charge is 0.241 e. The molecule has 6 nitrogen and oxygen atoms in total. The molecular formula is C18H25N5OS. The highest BCUT2D eigenvalue weighted by molar-refractivity contribution is 7.07. The van der Waals surface area contributed by atoms with E-state index in [1.165, 1.54) is 5.56 Å². The molecule has 0 radical (unpaired) electrons. The van der Waals surface area contributed by atoms with Gasteiger partial charge in [-0.05, 0) is 41.4 Å². The van der Waals surface area contributed by atoms with Crippen LogP contribution in [0.1, 0.15) is 18.2 Å². The van der Waals surface area contributed by atoms with Crippen molar-refractivity contribution in [2.75, 3.05) is 26.7 Å². The van der Waals surface area contributed by atoms with Gasteiger partial charge < -0.3 is 15.5 Å². The Morgan fingerprint density at radius 1 is 1.32 bits per heavy atom. The lowest BCUT2D eigenvalue weighted by Gasteiger charge is -2.18. The number of aliphatic imine (C=N–C) groups is 1. The van der Waals surface area contributed by atoms with E-state index in [1.807, 2.05) is 43.6 Å². The van der Waals surface area contributed by atoms with Gasteiger partial charge in [-0.3, -0.25) is 9.78 Å². The highest BCUT2D eigenvalue weighted by atomic mass is 32.1. The van der Waals surface area contributed by atoms with Crippen LogP contribution in [0.3, 0.4) is 0 Å². The maximum absolute atomic E-state index is 12.3. The molecular weight excluding hydrogens is 334 g/mol. The van der Waals surface area contributed by atoms with E-state index < -0.39 is 0 Å². The molecule has 25 heavy (non-hydrogen) atoms. The second-order valence-electron chi connectivity index (χ2n) is 5.57. The summed E-state index contributed by atoms with van der Waals surface area (Å²) in [4.78, 5) is 22.8. The van der Waals surface area contributed by atoms with Crippen molar-refractivity contribution >= 4 is 23.2 Å². The Bertz CT molecular complexity index is 657. The Balaban J connectivity index is 1.78. The van der Waals surface area contributed by atoms with Gasteiger partial charge in [0.05, 0.1) is 13.1 Å². The number of nitrogens with one attached hydrogen (secondary N) is 2. The Kier molecular flexibility index (Phi) is 7.91. The number of aromatic nitrogens is 1. The largest absolute Gasteiger partial charge is 0.357 e. The van der Waals surface area contributed by atoms with Gasteiger partial charge in [-0.2, -0.15) is 11.3 Å². The van der Waals surface area contributed by atoms with Crippen LogP contribution in [0.5, 0.6) is 0 Å².